The van der Waals surface area contributed by atoms with E-state index in [-0.39, 0.29) is 17.7 Å². The van der Waals surface area contributed by atoms with Crippen molar-refractivity contribution in [1.29, 1.82) is 0 Å². The topological polar surface area (TPSA) is 101 Å². The first kappa shape index (κ1) is 21.0. The Labute approximate surface area is 183 Å². The van der Waals surface area contributed by atoms with Crippen molar-refractivity contribution in [3.63, 3.8) is 0 Å². The van der Waals surface area contributed by atoms with E-state index in [2.05, 4.69) is 15.6 Å². The minimum Gasteiger partial charge on any atom is -0.459 e. The van der Waals surface area contributed by atoms with E-state index >= 15 is 0 Å². The van der Waals surface area contributed by atoms with Crippen LogP contribution < -0.4 is 10.6 Å². The number of carbonyl (C=O) groups excluding carboxylic acids is 3. The first-order valence-corrected chi connectivity index (χ1v) is 10.9. The van der Waals surface area contributed by atoms with Gasteiger partial charge in [0, 0.05) is 12.1 Å². The Bertz CT molecular complexity index is 1160. The summed E-state index contributed by atoms with van der Waals surface area (Å²) in [6, 6.07) is 10.9. The van der Waals surface area contributed by atoms with Gasteiger partial charge in [0.1, 0.15) is 10.6 Å². The summed E-state index contributed by atoms with van der Waals surface area (Å²) in [5, 5.41) is 6.01. The van der Waals surface area contributed by atoms with Gasteiger partial charge in [-0.25, -0.2) is 4.98 Å². The van der Waals surface area contributed by atoms with Gasteiger partial charge in [-0.3, -0.25) is 19.7 Å². The molecule has 0 spiro atoms. The maximum Gasteiger partial charge on any atom is 0.267 e. The van der Waals surface area contributed by atoms with Crippen LogP contribution in [0.25, 0.3) is 10.8 Å². The van der Waals surface area contributed by atoms with E-state index in [0.29, 0.717) is 46.3 Å². The van der Waals surface area contributed by atoms with Crippen LogP contribution in [0.2, 0.25) is 0 Å². The molecule has 7 nitrogen and oxygen atoms in total. The number of aryl methyl sites for hydroxylation is 2. The molecular weight excluding hydrogens is 414 g/mol. The molecule has 31 heavy (non-hydrogen) atoms. The monoisotopic (exact) mass is 437 g/mol. The Balaban J connectivity index is 1.52. The zero-order chi connectivity index (χ0) is 22.2. The van der Waals surface area contributed by atoms with Crippen molar-refractivity contribution < 1.29 is 18.8 Å². The predicted octanol–water partition coefficient (Wildman–Crippen LogP) is 4.36. The second-order valence-corrected chi connectivity index (χ2v) is 8.69. The lowest BCUT2D eigenvalue weighted by atomic mass is 9.72. The van der Waals surface area contributed by atoms with Gasteiger partial charge in [-0.05, 0) is 56.5 Å². The van der Waals surface area contributed by atoms with Crippen LogP contribution in [0.5, 0.6) is 0 Å². The highest BCUT2D eigenvalue weighted by Crippen LogP contribution is 2.36. The number of furan rings is 1. The summed E-state index contributed by atoms with van der Waals surface area (Å²) in [6.45, 7) is 5.59. The third-order valence-corrected chi connectivity index (χ3v) is 6.89. The molecule has 1 fully saturated rings. The Kier molecular flexibility index (Phi) is 5.49. The number of nitrogens with zero attached hydrogens (tertiary/aromatic N) is 1. The number of hydrogen-bond acceptors (Lipinski definition) is 6. The molecule has 2 aromatic heterocycles. The van der Waals surface area contributed by atoms with Gasteiger partial charge in [-0.1, -0.05) is 19.1 Å². The number of aromatic nitrogens is 1. The maximum atomic E-state index is 12.8. The highest BCUT2D eigenvalue weighted by molar-refractivity contribution is 7.17. The highest BCUT2D eigenvalue weighted by Gasteiger charge is 2.42. The number of imide groups is 1. The van der Waals surface area contributed by atoms with Crippen LogP contribution in [0.1, 0.15) is 52.9 Å². The van der Waals surface area contributed by atoms with Gasteiger partial charge in [-0.2, -0.15) is 0 Å². The number of rotatable bonds is 5. The minimum absolute atomic E-state index is 0.234. The van der Waals surface area contributed by atoms with Crippen molar-refractivity contribution >= 4 is 34.7 Å². The lowest BCUT2D eigenvalue weighted by molar-refractivity contribution is -0.138. The molecule has 8 heteroatoms. The fourth-order valence-electron chi connectivity index (χ4n) is 3.89. The lowest BCUT2D eigenvalue weighted by Gasteiger charge is -2.35. The molecule has 0 bridgehead atoms. The summed E-state index contributed by atoms with van der Waals surface area (Å²) in [6.07, 6.45) is 1.39. The van der Waals surface area contributed by atoms with E-state index in [4.69, 9.17) is 4.42 Å². The molecule has 3 aromatic rings. The van der Waals surface area contributed by atoms with Crippen molar-refractivity contribution in [2.45, 2.75) is 45.4 Å². The molecule has 0 aliphatic carbocycles. The predicted molar refractivity (Wildman–Crippen MR) is 118 cm³/mol. The molecular formula is C23H23N3O4S. The van der Waals surface area contributed by atoms with E-state index in [1.807, 2.05) is 38.1 Å². The number of piperidine rings is 1. The second kappa shape index (κ2) is 8.11. The van der Waals surface area contributed by atoms with Gasteiger partial charge in [0.15, 0.2) is 10.8 Å². The zero-order valence-electron chi connectivity index (χ0n) is 17.6. The van der Waals surface area contributed by atoms with Crippen LogP contribution in [0.4, 0.5) is 5.69 Å². The summed E-state index contributed by atoms with van der Waals surface area (Å²) in [5.41, 5.74) is 1.37. The third-order valence-electron chi connectivity index (χ3n) is 5.72. The van der Waals surface area contributed by atoms with Crippen LogP contribution in [-0.4, -0.2) is 22.7 Å². The Hall–Kier alpha value is -3.26. The summed E-state index contributed by atoms with van der Waals surface area (Å²) >= 11 is 1.28. The molecule has 0 saturated carbocycles. The molecule has 0 radical (unpaired) electrons. The van der Waals surface area contributed by atoms with Crippen molar-refractivity contribution in [2.24, 2.45) is 0 Å². The Morgan fingerprint density at radius 1 is 1.19 bits per heavy atom. The van der Waals surface area contributed by atoms with Gasteiger partial charge < -0.3 is 9.73 Å². The van der Waals surface area contributed by atoms with Crippen LogP contribution >= 0.6 is 11.3 Å². The standard InChI is InChI=1S/C23H23N3O4S/c1-4-23(12-11-18(27)26-22(23)29)15-6-8-16(9-7-15)25-20(28)19-14(3)24-21(31-19)17-10-5-13(2)30-17/h5-10H,4,11-12H2,1-3H3,(H,25,28)(H,26,27,29). The number of thiazole rings is 1. The van der Waals surface area contributed by atoms with Gasteiger partial charge >= 0.3 is 0 Å². The molecule has 3 amide bonds. The number of anilines is 1. The molecule has 3 heterocycles. The number of hydrogen-bond donors (Lipinski definition) is 2. The van der Waals surface area contributed by atoms with Crippen molar-refractivity contribution in [3.8, 4) is 10.8 Å². The Morgan fingerprint density at radius 3 is 2.55 bits per heavy atom. The maximum absolute atomic E-state index is 12.8. The summed E-state index contributed by atoms with van der Waals surface area (Å²) in [5.74, 6) is 0.687. The smallest absolute Gasteiger partial charge is 0.267 e. The van der Waals surface area contributed by atoms with Gasteiger partial charge in [0.2, 0.25) is 11.8 Å². The summed E-state index contributed by atoms with van der Waals surface area (Å²) < 4.78 is 5.60. The van der Waals surface area contributed by atoms with E-state index in [1.54, 1.807) is 19.1 Å². The second-order valence-electron chi connectivity index (χ2n) is 7.69. The van der Waals surface area contributed by atoms with Crippen LogP contribution in [0.15, 0.2) is 40.8 Å². The first-order chi connectivity index (χ1) is 14.8. The fraction of sp³-hybridized carbons (Fsp3) is 0.304. The molecule has 1 aliphatic rings. The normalized spacial score (nSPS) is 18.7. The number of benzene rings is 1. The van der Waals surface area contributed by atoms with E-state index < -0.39 is 5.41 Å². The van der Waals surface area contributed by atoms with Crippen LogP contribution in [0.3, 0.4) is 0 Å². The number of carbonyl (C=O) groups is 3. The Morgan fingerprint density at radius 2 is 1.94 bits per heavy atom. The first-order valence-electron chi connectivity index (χ1n) is 10.1. The fourth-order valence-corrected chi connectivity index (χ4v) is 4.81. The number of amides is 3. The average Bonchev–Trinajstić information content (AvgIpc) is 3.35. The molecule has 1 aromatic carbocycles. The molecule has 1 saturated heterocycles. The molecule has 1 aliphatic heterocycles. The molecule has 1 atom stereocenters. The van der Waals surface area contributed by atoms with E-state index in [9.17, 15) is 14.4 Å². The van der Waals surface area contributed by atoms with Gasteiger partial charge in [0.05, 0.1) is 11.1 Å². The van der Waals surface area contributed by atoms with Crippen molar-refractivity contribution in [3.05, 3.63) is 58.3 Å². The zero-order valence-corrected chi connectivity index (χ0v) is 18.4. The highest BCUT2D eigenvalue weighted by atomic mass is 32.1. The van der Waals surface area contributed by atoms with Crippen LogP contribution in [0, 0.1) is 13.8 Å². The SMILES string of the molecule is CCC1(c2ccc(NC(=O)c3sc(-c4ccc(C)o4)nc3C)cc2)CCC(=O)NC1=O. The van der Waals surface area contributed by atoms with Gasteiger partial charge in [-0.15, -0.1) is 11.3 Å². The van der Waals surface area contributed by atoms with E-state index in [1.165, 1.54) is 11.3 Å². The quantitative estimate of drug-likeness (QED) is 0.578. The third kappa shape index (κ3) is 3.90. The minimum atomic E-state index is -0.721. The summed E-state index contributed by atoms with van der Waals surface area (Å²) in [4.78, 5) is 41.9. The van der Waals surface area contributed by atoms with Crippen molar-refractivity contribution in [2.75, 3.05) is 5.32 Å². The van der Waals surface area contributed by atoms with Gasteiger partial charge in [0.25, 0.3) is 5.91 Å². The molecule has 4 rings (SSSR count). The van der Waals surface area contributed by atoms with Crippen LogP contribution in [-0.2, 0) is 15.0 Å². The summed E-state index contributed by atoms with van der Waals surface area (Å²) in [7, 11) is 0. The molecule has 160 valence electrons. The van der Waals surface area contributed by atoms with E-state index in [0.717, 1.165) is 11.3 Å². The molecule has 1 unspecified atom stereocenters. The largest absolute Gasteiger partial charge is 0.459 e. The number of nitrogens with one attached hydrogen (secondary N) is 2. The molecule has 2 N–H and O–H groups in total. The van der Waals surface area contributed by atoms with Crippen molar-refractivity contribution in [1.82, 2.24) is 10.3 Å². The average molecular weight is 438 g/mol. The lowest BCUT2D eigenvalue weighted by Crippen LogP contribution is -2.51.